The van der Waals surface area contributed by atoms with Gasteiger partial charge in [-0.15, -0.1) is 0 Å². The second kappa shape index (κ2) is 11.2. The van der Waals surface area contributed by atoms with Crippen LogP contribution in [0.15, 0.2) is 73.1 Å². The van der Waals surface area contributed by atoms with Crippen LogP contribution in [0.1, 0.15) is 35.8 Å². The number of carbonyl (C=O) groups is 2. The first-order chi connectivity index (χ1) is 17.8. The van der Waals surface area contributed by atoms with Gasteiger partial charge in [0.2, 0.25) is 0 Å². The van der Waals surface area contributed by atoms with Crippen LogP contribution < -0.4 is 21.1 Å². The number of nitrogens with two attached hydrogens (primary N) is 1. The zero-order valence-electron chi connectivity index (χ0n) is 20.6. The summed E-state index contributed by atoms with van der Waals surface area (Å²) >= 11 is 0. The number of H-pyrrole nitrogens is 1. The molecule has 0 bridgehead atoms. The highest BCUT2D eigenvalue weighted by Gasteiger charge is 2.34. The van der Waals surface area contributed by atoms with Crippen molar-refractivity contribution in [2.24, 2.45) is 5.84 Å². The van der Waals surface area contributed by atoms with Crippen molar-refractivity contribution >= 4 is 34.2 Å². The number of aliphatic hydroxyl groups excluding tert-OH is 1. The van der Waals surface area contributed by atoms with E-state index in [1.165, 1.54) is 24.5 Å². The fraction of sp³-hybridized carbons (Fsp3) is 0.222. The predicted octanol–water partition coefficient (Wildman–Crippen LogP) is 3.29. The van der Waals surface area contributed by atoms with Crippen LogP contribution in [-0.2, 0) is 4.79 Å². The number of carbonyl (C=O) groups excluding carboxylic acids is 2. The van der Waals surface area contributed by atoms with Crippen LogP contribution in [0, 0.1) is 5.82 Å². The van der Waals surface area contributed by atoms with Gasteiger partial charge in [0.15, 0.2) is 6.10 Å². The maximum Gasteiger partial charge on any atom is 0.272 e. The quantitative estimate of drug-likeness (QED) is 0.157. The third-order valence-corrected chi connectivity index (χ3v) is 6.27. The molecule has 2 amide bonds. The molecule has 3 aromatic carbocycles. The molecule has 0 saturated carbocycles. The van der Waals surface area contributed by atoms with Gasteiger partial charge < -0.3 is 20.3 Å². The number of hydrogen-bond donors (Lipinski definition) is 4. The van der Waals surface area contributed by atoms with Crippen LogP contribution in [0.4, 0.5) is 15.8 Å². The van der Waals surface area contributed by atoms with Crippen molar-refractivity contribution in [3.63, 3.8) is 0 Å². The summed E-state index contributed by atoms with van der Waals surface area (Å²) in [6.45, 7) is 5.70. The van der Waals surface area contributed by atoms with E-state index in [0.29, 0.717) is 16.6 Å². The van der Waals surface area contributed by atoms with E-state index in [1.54, 1.807) is 36.4 Å². The van der Waals surface area contributed by atoms with E-state index in [1.807, 2.05) is 26.0 Å². The predicted molar refractivity (Wildman–Crippen MR) is 140 cm³/mol. The van der Waals surface area contributed by atoms with Gasteiger partial charge in [0, 0.05) is 29.9 Å². The van der Waals surface area contributed by atoms with Crippen LogP contribution in [0.5, 0.6) is 0 Å². The maximum atomic E-state index is 14.8. The largest absolute Gasteiger partial charge is 0.381 e. The molecular weight excluding hydrogens is 475 g/mol. The van der Waals surface area contributed by atoms with Crippen LogP contribution in [0.2, 0.25) is 0 Å². The summed E-state index contributed by atoms with van der Waals surface area (Å²) in [6, 6.07) is 16.0. The topological polar surface area (TPSA) is 128 Å². The van der Waals surface area contributed by atoms with Crippen LogP contribution >= 0.6 is 0 Å². The highest BCUT2D eigenvalue weighted by Crippen LogP contribution is 2.25. The third-order valence-electron chi connectivity index (χ3n) is 6.27. The minimum absolute atomic E-state index is 0.0473. The molecule has 10 heteroatoms. The molecule has 9 nitrogen and oxygen atoms in total. The molecule has 192 valence electrons. The lowest BCUT2D eigenvalue weighted by Crippen LogP contribution is -2.50. The molecular formula is C27H29FN6O3. The highest BCUT2D eigenvalue weighted by molar-refractivity contribution is 5.99. The number of halogens is 1. The number of fused-ring (bicyclic) bond motifs is 1. The van der Waals surface area contributed by atoms with Gasteiger partial charge in [0.25, 0.3) is 11.8 Å². The number of nitrogens with one attached hydrogen (secondary N) is 2. The van der Waals surface area contributed by atoms with E-state index >= 15 is 0 Å². The number of anilines is 2. The van der Waals surface area contributed by atoms with E-state index in [-0.39, 0.29) is 11.3 Å². The van der Waals surface area contributed by atoms with Gasteiger partial charge in [-0.2, -0.15) is 0 Å². The number of aromatic amines is 1. The number of aromatic nitrogens is 2. The number of imidazole rings is 1. The summed E-state index contributed by atoms with van der Waals surface area (Å²) in [6.07, 6.45) is -0.372. The maximum absolute atomic E-state index is 14.8. The smallest absolute Gasteiger partial charge is 0.272 e. The second-order valence-corrected chi connectivity index (χ2v) is 8.45. The van der Waals surface area contributed by atoms with Crippen LogP contribution in [-0.4, -0.2) is 46.1 Å². The number of hydrogen-bond acceptors (Lipinski definition) is 6. The van der Waals surface area contributed by atoms with Gasteiger partial charge in [0.05, 0.1) is 29.1 Å². The Hall–Kier alpha value is -4.28. The lowest BCUT2D eigenvalue weighted by atomic mass is 9.99. The summed E-state index contributed by atoms with van der Waals surface area (Å²) < 4.78 is 14.8. The van der Waals surface area contributed by atoms with Crippen molar-refractivity contribution in [3.05, 3.63) is 90.0 Å². The minimum atomic E-state index is -1.88. The van der Waals surface area contributed by atoms with E-state index in [2.05, 4.69) is 20.2 Å². The molecule has 4 aromatic rings. The van der Waals surface area contributed by atoms with Crippen molar-refractivity contribution < 1.29 is 19.1 Å². The van der Waals surface area contributed by atoms with Crippen molar-refractivity contribution in [1.82, 2.24) is 15.3 Å². The number of hydrazine groups is 1. The van der Waals surface area contributed by atoms with Gasteiger partial charge >= 0.3 is 0 Å². The highest BCUT2D eigenvalue weighted by atomic mass is 19.1. The average molecular weight is 505 g/mol. The molecule has 1 heterocycles. The summed E-state index contributed by atoms with van der Waals surface area (Å²) in [5, 5.41) is 14.4. The molecule has 2 unspecified atom stereocenters. The average Bonchev–Trinajstić information content (AvgIpc) is 3.40. The Labute approximate surface area is 213 Å². The fourth-order valence-corrected chi connectivity index (χ4v) is 4.18. The Morgan fingerprint density at radius 2 is 1.73 bits per heavy atom. The lowest BCUT2D eigenvalue weighted by molar-refractivity contribution is -0.128. The first kappa shape index (κ1) is 25.8. The lowest BCUT2D eigenvalue weighted by Gasteiger charge is -2.27. The Morgan fingerprint density at radius 1 is 1.05 bits per heavy atom. The first-order valence-electron chi connectivity index (χ1n) is 11.9. The van der Waals surface area contributed by atoms with E-state index in [0.717, 1.165) is 23.8 Å². The Kier molecular flexibility index (Phi) is 7.80. The molecule has 0 fully saturated rings. The molecule has 4 rings (SSSR count). The molecule has 0 saturated heterocycles. The van der Waals surface area contributed by atoms with Gasteiger partial charge in [-0.25, -0.2) is 20.2 Å². The number of benzene rings is 3. The van der Waals surface area contributed by atoms with E-state index in [4.69, 9.17) is 5.84 Å². The van der Waals surface area contributed by atoms with Crippen molar-refractivity contribution in [2.45, 2.75) is 26.0 Å². The molecule has 5 N–H and O–H groups in total. The summed E-state index contributed by atoms with van der Waals surface area (Å²) in [5.74, 6) is 3.86. The number of amides is 2. The minimum Gasteiger partial charge on any atom is -0.381 e. The van der Waals surface area contributed by atoms with E-state index < -0.39 is 29.8 Å². The van der Waals surface area contributed by atoms with Crippen LogP contribution in [0.25, 0.3) is 11.0 Å². The fourth-order valence-electron chi connectivity index (χ4n) is 4.18. The van der Waals surface area contributed by atoms with Gasteiger partial charge in [-0.1, -0.05) is 18.2 Å². The second-order valence-electron chi connectivity index (χ2n) is 8.45. The molecule has 37 heavy (non-hydrogen) atoms. The molecule has 0 radical (unpaired) electrons. The summed E-state index contributed by atoms with van der Waals surface area (Å²) in [4.78, 5) is 35.5. The Bertz CT molecular complexity index is 1390. The number of aliphatic hydroxyl groups is 1. The summed E-state index contributed by atoms with van der Waals surface area (Å²) in [7, 11) is 0. The third kappa shape index (κ3) is 5.45. The summed E-state index contributed by atoms with van der Waals surface area (Å²) in [5.41, 5.74) is 2.80. The Balaban J connectivity index is 1.60. The van der Waals surface area contributed by atoms with Gasteiger partial charge in [-0.3, -0.25) is 9.59 Å². The first-order valence-corrected chi connectivity index (χ1v) is 11.9. The molecule has 0 aliphatic rings. The standard InChI is InChI=1S/C27H29FN6O3/c1-3-33(4-2)18-11-9-17(10-12-18)26(36)32-24(20-7-5-6-8-21(20)28)25(35)27(37)34(29)19-13-14-22-23(15-19)31-16-30-22/h5-16,24-25,35H,3-4,29H2,1-2H3,(H,30,31)(H,32,36). The molecule has 0 aliphatic heterocycles. The van der Waals surface area contributed by atoms with Gasteiger partial charge in [-0.05, 0) is 62.4 Å². The van der Waals surface area contributed by atoms with E-state index in [9.17, 15) is 19.1 Å². The van der Waals surface area contributed by atoms with Crippen LogP contribution in [0.3, 0.4) is 0 Å². The van der Waals surface area contributed by atoms with Gasteiger partial charge in [0.1, 0.15) is 5.82 Å². The monoisotopic (exact) mass is 504 g/mol. The number of nitrogens with zero attached hydrogens (tertiary/aromatic N) is 3. The van der Waals surface area contributed by atoms with Crippen molar-refractivity contribution in [2.75, 3.05) is 23.0 Å². The van der Waals surface area contributed by atoms with Crippen molar-refractivity contribution in [3.8, 4) is 0 Å². The molecule has 0 aliphatic carbocycles. The van der Waals surface area contributed by atoms with Crippen molar-refractivity contribution in [1.29, 1.82) is 0 Å². The molecule has 2 atom stereocenters. The molecule has 1 aromatic heterocycles. The zero-order valence-corrected chi connectivity index (χ0v) is 20.6. The Morgan fingerprint density at radius 3 is 2.41 bits per heavy atom. The number of rotatable bonds is 9. The molecule has 0 spiro atoms. The SMILES string of the molecule is CCN(CC)c1ccc(C(=O)NC(c2ccccc2F)C(O)C(=O)N(N)c2ccc3nc[nH]c3c2)cc1. The normalized spacial score (nSPS) is 12.7. The zero-order chi connectivity index (χ0) is 26.5.